The van der Waals surface area contributed by atoms with Crippen molar-refractivity contribution >= 4 is 29.1 Å². The summed E-state index contributed by atoms with van der Waals surface area (Å²) in [6.45, 7) is -1.48. The topological polar surface area (TPSA) is 80.6 Å². The second-order valence-electron chi connectivity index (χ2n) is 5.11. The van der Waals surface area contributed by atoms with Crippen molar-refractivity contribution < 1.29 is 31.9 Å². The molecule has 0 unspecified atom stereocenters. The van der Waals surface area contributed by atoms with Crippen molar-refractivity contribution in [1.29, 1.82) is 0 Å². The first-order valence-electron chi connectivity index (χ1n) is 7.34. The van der Waals surface area contributed by atoms with Crippen LogP contribution in [0.4, 0.5) is 18.9 Å². The number of halogens is 4. The predicted octanol–water partition coefficient (Wildman–Crippen LogP) is 3.63. The molecule has 140 valence electrons. The van der Waals surface area contributed by atoms with E-state index in [0.29, 0.717) is 5.56 Å². The zero-order chi connectivity index (χ0) is 19.2. The number of carbonyl (C=O) groups excluding carboxylic acids is 2. The molecule has 2 aromatic rings. The minimum absolute atomic E-state index is 0.00733. The molecule has 0 aliphatic rings. The third kappa shape index (κ3) is 6.32. The molecule has 1 aromatic heterocycles. The van der Waals surface area contributed by atoms with E-state index in [-0.39, 0.29) is 29.4 Å². The lowest BCUT2D eigenvalue weighted by Crippen LogP contribution is -2.27. The van der Waals surface area contributed by atoms with Gasteiger partial charge in [-0.2, -0.15) is 13.2 Å². The molecule has 0 saturated heterocycles. The quantitative estimate of drug-likeness (QED) is 0.756. The van der Waals surface area contributed by atoms with Crippen LogP contribution in [0.1, 0.15) is 16.8 Å². The van der Waals surface area contributed by atoms with E-state index in [1.165, 1.54) is 36.8 Å². The van der Waals surface area contributed by atoms with E-state index in [9.17, 15) is 22.8 Å². The maximum absolute atomic E-state index is 12.3. The van der Waals surface area contributed by atoms with Gasteiger partial charge in [0.05, 0.1) is 17.5 Å². The molecule has 0 aliphatic heterocycles. The number of ether oxygens (including phenoxy) is 1. The lowest BCUT2D eigenvalue weighted by molar-refractivity contribution is -0.153. The first kappa shape index (κ1) is 19.6. The van der Waals surface area contributed by atoms with Crippen molar-refractivity contribution in [2.24, 2.45) is 0 Å². The highest BCUT2D eigenvalue weighted by Gasteiger charge is 2.29. The third-order valence-corrected chi connectivity index (χ3v) is 3.26. The predicted molar refractivity (Wildman–Crippen MR) is 87.3 cm³/mol. The van der Waals surface area contributed by atoms with Gasteiger partial charge in [0.1, 0.15) is 12.0 Å². The molecule has 0 spiro atoms. The van der Waals surface area contributed by atoms with Crippen molar-refractivity contribution in [3.05, 3.63) is 47.4 Å². The number of amides is 2. The number of anilines is 1. The van der Waals surface area contributed by atoms with E-state index in [1.807, 2.05) is 0 Å². The molecule has 2 rings (SSSR count). The molecule has 1 aromatic carbocycles. The Labute approximate surface area is 151 Å². The van der Waals surface area contributed by atoms with Crippen LogP contribution >= 0.6 is 11.6 Å². The summed E-state index contributed by atoms with van der Waals surface area (Å²) in [7, 11) is 0. The van der Waals surface area contributed by atoms with Gasteiger partial charge in [-0.05, 0) is 24.3 Å². The second-order valence-corrected chi connectivity index (χ2v) is 5.55. The van der Waals surface area contributed by atoms with Crippen LogP contribution in [-0.4, -0.2) is 31.1 Å². The molecule has 6 nitrogen and oxygen atoms in total. The smallest absolute Gasteiger partial charge is 0.422 e. The fourth-order valence-electron chi connectivity index (χ4n) is 1.88. The van der Waals surface area contributed by atoms with Crippen LogP contribution in [-0.2, 0) is 4.79 Å². The summed E-state index contributed by atoms with van der Waals surface area (Å²) in [6.07, 6.45) is -2.03. The zero-order valence-electron chi connectivity index (χ0n) is 13.2. The summed E-state index contributed by atoms with van der Waals surface area (Å²) in [4.78, 5) is 23.6. The molecule has 0 saturated carbocycles. The van der Waals surface area contributed by atoms with Gasteiger partial charge in [0, 0.05) is 18.0 Å². The molecule has 0 bridgehead atoms. The Morgan fingerprint density at radius 1 is 1.23 bits per heavy atom. The van der Waals surface area contributed by atoms with Crippen LogP contribution in [0.2, 0.25) is 5.02 Å². The molecule has 10 heteroatoms. The summed E-state index contributed by atoms with van der Waals surface area (Å²) in [5.41, 5.74) is 0.316. The van der Waals surface area contributed by atoms with Gasteiger partial charge < -0.3 is 19.8 Å². The standard InChI is InChI=1S/C16H14ClF3N2O4/c17-11-1-2-13(26-9-16(18,19)20)12(7-11)22-14(23)3-5-21-15(24)10-4-6-25-8-10/h1-2,4,6-8H,3,5,9H2,(H,21,24)(H,22,23). The number of rotatable bonds is 7. The Morgan fingerprint density at radius 3 is 2.65 bits per heavy atom. The summed E-state index contributed by atoms with van der Waals surface area (Å²) < 4.78 is 46.3. The maximum atomic E-state index is 12.3. The number of furan rings is 1. The number of hydrogen-bond acceptors (Lipinski definition) is 4. The lowest BCUT2D eigenvalue weighted by atomic mass is 10.2. The Bertz CT molecular complexity index is 763. The van der Waals surface area contributed by atoms with Gasteiger partial charge in [0.15, 0.2) is 6.61 Å². The Balaban J connectivity index is 1.89. The maximum Gasteiger partial charge on any atom is 0.422 e. The minimum atomic E-state index is -4.52. The van der Waals surface area contributed by atoms with E-state index in [0.717, 1.165) is 0 Å². The van der Waals surface area contributed by atoms with Crippen molar-refractivity contribution in [2.75, 3.05) is 18.5 Å². The number of alkyl halides is 3. The van der Waals surface area contributed by atoms with Crippen molar-refractivity contribution in [3.63, 3.8) is 0 Å². The number of carbonyl (C=O) groups is 2. The van der Waals surface area contributed by atoms with Crippen molar-refractivity contribution in [2.45, 2.75) is 12.6 Å². The average Bonchev–Trinajstić information content (AvgIpc) is 3.07. The summed E-state index contributed by atoms with van der Waals surface area (Å²) in [6, 6.07) is 5.30. The largest absolute Gasteiger partial charge is 0.482 e. The van der Waals surface area contributed by atoms with Gasteiger partial charge in [0.25, 0.3) is 5.91 Å². The van der Waals surface area contributed by atoms with Crippen molar-refractivity contribution in [1.82, 2.24) is 5.32 Å². The average molecular weight is 391 g/mol. The highest BCUT2D eigenvalue weighted by atomic mass is 35.5. The monoisotopic (exact) mass is 390 g/mol. The normalized spacial score (nSPS) is 11.1. The summed E-state index contributed by atoms with van der Waals surface area (Å²) in [5, 5.41) is 5.13. The zero-order valence-corrected chi connectivity index (χ0v) is 14.0. The van der Waals surface area contributed by atoms with E-state index in [1.54, 1.807) is 0 Å². The van der Waals surface area contributed by atoms with E-state index in [2.05, 4.69) is 15.4 Å². The summed E-state index contributed by atoms with van der Waals surface area (Å²) in [5.74, 6) is -1.11. The molecule has 2 N–H and O–H groups in total. The first-order valence-corrected chi connectivity index (χ1v) is 7.72. The lowest BCUT2D eigenvalue weighted by Gasteiger charge is -2.14. The molecule has 1 heterocycles. The van der Waals surface area contributed by atoms with Gasteiger partial charge in [0.2, 0.25) is 5.91 Å². The fraction of sp³-hybridized carbons (Fsp3) is 0.250. The van der Waals surface area contributed by atoms with Crippen LogP contribution in [0.15, 0.2) is 41.2 Å². The molecule has 26 heavy (non-hydrogen) atoms. The van der Waals surface area contributed by atoms with Gasteiger partial charge in [-0.3, -0.25) is 9.59 Å². The van der Waals surface area contributed by atoms with Gasteiger partial charge >= 0.3 is 6.18 Å². The molecule has 0 radical (unpaired) electrons. The molecule has 2 amide bonds. The second kappa shape index (κ2) is 8.61. The number of benzene rings is 1. The Morgan fingerprint density at radius 2 is 2.00 bits per heavy atom. The minimum Gasteiger partial charge on any atom is -0.482 e. The van der Waals surface area contributed by atoms with Crippen LogP contribution in [0, 0.1) is 0 Å². The van der Waals surface area contributed by atoms with E-state index >= 15 is 0 Å². The van der Waals surface area contributed by atoms with Crippen LogP contribution in [0.3, 0.4) is 0 Å². The molecular weight excluding hydrogens is 377 g/mol. The van der Waals surface area contributed by atoms with Crippen LogP contribution in [0.25, 0.3) is 0 Å². The molecular formula is C16H14ClF3N2O4. The molecule has 0 atom stereocenters. The van der Waals surface area contributed by atoms with Gasteiger partial charge in [-0.1, -0.05) is 11.6 Å². The van der Waals surface area contributed by atoms with Gasteiger partial charge in [-0.15, -0.1) is 0 Å². The molecule has 0 fully saturated rings. The van der Waals surface area contributed by atoms with Crippen molar-refractivity contribution in [3.8, 4) is 5.75 Å². The highest BCUT2D eigenvalue weighted by Crippen LogP contribution is 2.29. The fourth-order valence-corrected chi connectivity index (χ4v) is 2.06. The van der Waals surface area contributed by atoms with Gasteiger partial charge in [-0.25, -0.2) is 0 Å². The third-order valence-electron chi connectivity index (χ3n) is 3.03. The SMILES string of the molecule is O=C(CCNC(=O)c1ccoc1)Nc1cc(Cl)ccc1OCC(F)(F)F. The summed E-state index contributed by atoms with van der Waals surface area (Å²) >= 11 is 5.80. The molecule has 0 aliphatic carbocycles. The highest BCUT2D eigenvalue weighted by molar-refractivity contribution is 6.31. The first-order chi connectivity index (χ1) is 12.2. The van der Waals surface area contributed by atoms with Crippen LogP contribution < -0.4 is 15.4 Å². The number of hydrogen-bond donors (Lipinski definition) is 2. The van der Waals surface area contributed by atoms with E-state index in [4.69, 9.17) is 16.0 Å². The Hall–Kier alpha value is -2.68. The van der Waals surface area contributed by atoms with Crippen LogP contribution in [0.5, 0.6) is 5.75 Å². The van der Waals surface area contributed by atoms with E-state index < -0.39 is 24.6 Å². The number of nitrogens with one attached hydrogen (secondary N) is 2. The Kier molecular flexibility index (Phi) is 6.51.